The molecule has 1 aromatic carbocycles. The number of halogens is 3. The molecule has 0 aliphatic heterocycles. The summed E-state index contributed by atoms with van der Waals surface area (Å²) in [4.78, 5) is 0.772. The van der Waals surface area contributed by atoms with E-state index < -0.39 is 10.0 Å². The van der Waals surface area contributed by atoms with Gasteiger partial charge in [-0.15, -0.1) is 11.3 Å². The van der Waals surface area contributed by atoms with Crippen LogP contribution in [0.4, 0.5) is 5.69 Å². The molecule has 21 heavy (non-hydrogen) atoms. The van der Waals surface area contributed by atoms with E-state index in [4.69, 9.17) is 28.9 Å². The SMILES string of the molecule is CN(Cc1cc(Br)cs1)S(=O)(=O)c1c(Cl)cc(N)cc1Cl. The number of benzene rings is 1. The largest absolute Gasteiger partial charge is 0.399 e. The van der Waals surface area contributed by atoms with Crippen LogP contribution < -0.4 is 5.73 Å². The van der Waals surface area contributed by atoms with Crippen molar-refractivity contribution < 1.29 is 8.42 Å². The number of hydrogen-bond acceptors (Lipinski definition) is 4. The second kappa shape index (κ2) is 6.44. The molecule has 0 aliphatic rings. The standard InChI is InChI=1S/C12H11BrCl2N2O2S2/c1-17(5-9-2-7(13)6-20-9)21(18,19)12-10(14)3-8(16)4-11(12)15/h2-4,6H,5,16H2,1H3. The van der Waals surface area contributed by atoms with Crippen molar-refractivity contribution >= 4 is 66.2 Å². The summed E-state index contributed by atoms with van der Waals surface area (Å²) in [6.45, 7) is 0.232. The molecule has 4 nitrogen and oxygen atoms in total. The molecule has 0 unspecified atom stereocenters. The smallest absolute Gasteiger partial charge is 0.246 e. The number of hydrogen-bond donors (Lipinski definition) is 1. The summed E-state index contributed by atoms with van der Waals surface area (Å²) in [6, 6.07) is 4.61. The van der Waals surface area contributed by atoms with Crippen LogP contribution in [0.5, 0.6) is 0 Å². The summed E-state index contributed by atoms with van der Waals surface area (Å²) < 4.78 is 27.3. The second-order valence-corrected chi connectivity index (χ2v) is 9.01. The van der Waals surface area contributed by atoms with Gasteiger partial charge >= 0.3 is 0 Å². The van der Waals surface area contributed by atoms with Crippen molar-refractivity contribution in [2.45, 2.75) is 11.4 Å². The second-order valence-electron chi connectivity index (χ2n) is 4.31. The van der Waals surface area contributed by atoms with Crippen molar-refractivity contribution in [3.05, 3.63) is 43.0 Å². The van der Waals surface area contributed by atoms with Crippen LogP contribution in [-0.2, 0) is 16.6 Å². The first-order valence-electron chi connectivity index (χ1n) is 5.65. The molecule has 0 radical (unpaired) electrons. The van der Waals surface area contributed by atoms with Gasteiger partial charge in [0.2, 0.25) is 10.0 Å². The highest BCUT2D eigenvalue weighted by Gasteiger charge is 2.27. The van der Waals surface area contributed by atoms with Gasteiger partial charge in [0.25, 0.3) is 0 Å². The molecule has 0 saturated carbocycles. The molecule has 0 bridgehead atoms. The van der Waals surface area contributed by atoms with E-state index in [0.717, 1.165) is 9.35 Å². The highest BCUT2D eigenvalue weighted by molar-refractivity contribution is 9.10. The molecule has 0 fully saturated rings. The van der Waals surface area contributed by atoms with Gasteiger partial charge in [-0.05, 0) is 34.1 Å². The number of thiophene rings is 1. The lowest BCUT2D eigenvalue weighted by Crippen LogP contribution is -2.26. The van der Waals surface area contributed by atoms with E-state index >= 15 is 0 Å². The van der Waals surface area contributed by atoms with Crippen LogP contribution in [0.15, 0.2) is 32.9 Å². The molecule has 9 heteroatoms. The van der Waals surface area contributed by atoms with Crippen LogP contribution in [0.2, 0.25) is 10.0 Å². The first-order chi connectivity index (χ1) is 9.71. The van der Waals surface area contributed by atoms with Gasteiger partial charge in [-0.2, -0.15) is 4.31 Å². The molecule has 0 aliphatic carbocycles. The molecule has 0 saturated heterocycles. The Morgan fingerprint density at radius 3 is 2.33 bits per heavy atom. The number of nitrogens with two attached hydrogens (primary N) is 1. The van der Waals surface area contributed by atoms with E-state index in [0.29, 0.717) is 5.69 Å². The highest BCUT2D eigenvalue weighted by Crippen LogP contribution is 2.34. The number of nitrogens with zero attached hydrogens (tertiary/aromatic N) is 1. The fourth-order valence-electron chi connectivity index (χ4n) is 1.72. The van der Waals surface area contributed by atoms with Crippen LogP contribution in [0.1, 0.15) is 4.88 Å². The summed E-state index contributed by atoms with van der Waals surface area (Å²) in [5.74, 6) is 0. The van der Waals surface area contributed by atoms with Gasteiger partial charge in [-0.1, -0.05) is 23.2 Å². The molecular formula is C12H11BrCl2N2O2S2. The topological polar surface area (TPSA) is 63.4 Å². The van der Waals surface area contributed by atoms with Crippen molar-refractivity contribution in [2.75, 3.05) is 12.8 Å². The minimum absolute atomic E-state index is 0.0132. The van der Waals surface area contributed by atoms with Crippen molar-refractivity contribution in [3.63, 3.8) is 0 Å². The first kappa shape index (κ1) is 17.1. The van der Waals surface area contributed by atoms with Crippen molar-refractivity contribution in [1.29, 1.82) is 0 Å². The van der Waals surface area contributed by atoms with Crippen molar-refractivity contribution in [2.24, 2.45) is 0 Å². The van der Waals surface area contributed by atoms with Gasteiger partial charge in [0.1, 0.15) is 4.90 Å². The highest BCUT2D eigenvalue weighted by atomic mass is 79.9. The summed E-state index contributed by atoms with van der Waals surface area (Å²) in [6.07, 6.45) is 0. The van der Waals surface area contributed by atoms with Gasteiger partial charge in [0.15, 0.2) is 0 Å². The molecule has 2 rings (SSSR count). The third-order valence-corrected chi connectivity index (χ3v) is 7.10. The van der Waals surface area contributed by atoms with Crippen molar-refractivity contribution in [3.8, 4) is 0 Å². The van der Waals surface area contributed by atoms with Gasteiger partial charge in [-0.3, -0.25) is 0 Å². The van der Waals surface area contributed by atoms with Crippen LogP contribution in [0, 0.1) is 0 Å². The van der Waals surface area contributed by atoms with Gasteiger partial charge < -0.3 is 5.73 Å². The predicted octanol–water partition coefficient (Wildman–Crippen LogP) is 4.22. The molecule has 1 aromatic heterocycles. The van der Waals surface area contributed by atoms with Crippen LogP contribution in [0.3, 0.4) is 0 Å². The fourth-order valence-corrected chi connectivity index (χ4v) is 5.63. The summed E-state index contributed by atoms with van der Waals surface area (Å²) in [5.41, 5.74) is 5.91. The normalized spacial score (nSPS) is 12.0. The number of rotatable bonds is 4. The lowest BCUT2D eigenvalue weighted by molar-refractivity contribution is 0.470. The maximum Gasteiger partial charge on any atom is 0.246 e. The van der Waals surface area contributed by atoms with Crippen molar-refractivity contribution in [1.82, 2.24) is 4.31 Å². The minimum atomic E-state index is -3.80. The fraction of sp³-hybridized carbons (Fsp3) is 0.167. The Morgan fingerprint density at radius 1 is 1.29 bits per heavy atom. The average molecular weight is 430 g/mol. The Bertz CT molecular complexity index is 754. The zero-order valence-electron chi connectivity index (χ0n) is 10.8. The molecule has 114 valence electrons. The number of nitrogen functional groups attached to an aromatic ring is 1. The molecule has 2 aromatic rings. The molecule has 0 spiro atoms. The number of sulfonamides is 1. The Morgan fingerprint density at radius 2 is 1.86 bits per heavy atom. The molecular weight excluding hydrogens is 419 g/mol. The van der Waals surface area contributed by atoms with E-state index in [2.05, 4.69) is 15.9 Å². The Labute approximate surface area is 145 Å². The zero-order chi connectivity index (χ0) is 15.8. The zero-order valence-corrected chi connectivity index (χ0v) is 15.5. The summed E-state index contributed by atoms with van der Waals surface area (Å²) in [5, 5.41) is 1.91. The van der Waals surface area contributed by atoms with Gasteiger partial charge in [0, 0.05) is 34.0 Å². The Balaban J connectivity index is 2.38. The quantitative estimate of drug-likeness (QED) is 0.740. The van der Waals surface area contributed by atoms with E-state index in [1.807, 2.05) is 11.4 Å². The maximum atomic E-state index is 12.6. The third kappa shape index (κ3) is 3.72. The van der Waals surface area contributed by atoms with Crippen LogP contribution in [0.25, 0.3) is 0 Å². The minimum Gasteiger partial charge on any atom is -0.399 e. The summed E-state index contributed by atoms with van der Waals surface area (Å²) in [7, 11) is -2.32. The predicted molar refractivity (Wildman–Crippen MR) is 91.5 cm³/mol. The first-order valence-corrected chi connectivity index (χ1v) is 9.52. The average Bonchev–Trinajstić information content (AvgIpc) is 2.72. The lowest BCUT2D eigenvalue weighted by Gasteiger charge is -2.18. The Kier molecular flexibility index (Phi) is 5.23. The van der Waals surface area contributed by atoms with Crippen LogP contribution >= 0.6 is 50.5 Å². The van der Waals surface area contributed by atoms with E-state index in [1.54, 1.807) is 0 Å². The molecule has 0 amide bonds. The van der Waals surface area contributed by atoms with Crippen LogP contribution in [-0.4, -0.2) is 19.8 Å². The monoisotopic (exact) mass is 428 g/mol. The molecule has 1 heterocycles. The van der Waals surface area contributed by atoms with Gasteiger partial charge in [0.05, 0.1) is 10.0 Å². The maximum absolute atomic E-state index is 12.6. The van der Waals surface area contributed by atoms with E-state index in [-0.39, 0.29) is 21.5 Å². The lowest BCUT2D eigenvalue weighted by atomic mass is 10.3. The third-order valence-electron chi connectivity index (χ3n) is 2.69. The summed E-state index contributed by atoms with van der Waals surface area (Å²) >= 11 is 16.8. The number of anilines is 1. The van der Waals surface area contributed by atoms with Gasteiger partial charge in [-0.25, -0.2) is 8.42 Å². The Hall–Kier alpha value is -0.310. The van der Waals surface area contributed by atoms with E-state index in [1.165, 1.54) is 34.8 Å². The van der Waals surface area contributed by atoms with E-state index in [9.17, 15) is 8.42 Å². The molecule has 2 N–H and O–H groups in total. The molecule has 0 atom stereocenters.